The number of rotatable bonds is 5. The molecule has 2 rings (SSSR count). The standard InChI is InChI=1S/C14H23N3O/c1-3-18-14-9-6-8-13(16-14)17(2)11-12-7-4-5-10-15-12/h6,8-9,12,15H,3-5,7,10-11H2,1-2H3. The SMILES string of the molecule is CCOc1cccc(N(C)CC2CCCCN2)n1. The lowest BCUT2D eigenvalue weighted by molar-refractivity contribution is 0.327. The second-order valence-electron chi connectivity index (χ2n) is 4.79. The normalized spacial score (nSPS) is 19.6. The molecule has 1 saturated heterocycles. The smallest absolute Gasteiger partial charge is 0.215 e. The molecular weight excluding hydrogens is 226 g/mol. The van der Waals surface area contributed by atoms with Crippen LogP contribution >= 0.6 is 0 Å². The largest absolute Gasteiger partial charge is 0.478 e. The van der Waals surface area contributed by atoms with Gasteiger partial charge in [0, 0.05) is 25.7 Å². The highest BCUT2D eigenvalue weighted by atomic mass is 16.5. The fourth-order valence-corrected chi connectivity index (χ4v) is 2.35. The lowest BCUT2D eigenvalue weighted by atomic mass is 10.0. The topological polar surface area (TPSA) is 37.4 Å². The number of hydrogen-bond acceptors (Lipinski definition) is 4. The van der Waals surface area contributed by atoms with Gasteiger partial charge in [-0.1, -0.05) is 12.5 Å². The van der Waals surface area contributed by atoms with Gasteiger partial charge < -0.3 is 15.0 Å². The number of nitrogens with zero attached hydrogens (tertiary/aromatic N) is 2. The number of likely N-dealkylation sites (N-methyl/N-ethyl adjacent to an activating group) is 1. The van der Waals surface area contributed by atoms with Crippen LogP contribution in [0.2, 0.25) is 0 Å². The predicted octanol–water partition coefficient (Wildman–Crippen LogP) is 2.06. The van der Waals surface area contributed by atoms with E-state index in [0.717, 1.165) is 18.9 Å². The van der Waals surface area contributed by atoms with Gasteiger partial charge in [0.2, 0.25) is 5.88 Å². The van der Waals surface area contributed by atoms with Crippen molar-refractivity contribution in [3.63, 3.8) is 0 Å². The van der Waals surface area contributed by atoms with E-state index in [9.17, 15) is 0 Å². The Balaban J connectivity index is 1.94. The third-order valence-corrected chi connectivity index (χ3v) is 3.30. The minimum atomic E-state index is 0.585. The lowest BCUT2D eigenvalue weighted by Gasteiger charge is -2.28. The van der Waals surface area contributed by atoms with E-state index in [4.69, 9.17) is 4.74 Å². The Kier molecular flexibility index (Phi) is 4.81. The summed E-state index contributed by atoms with van der Waals surface area (Å²) in [6, 6.07) is 6.52. The first-order chi connectivity index (χ1) is 8.79. The molecule has 0 saturated carbocycles. The second kappa shape index (κ2) is 6.59. The van der Waals surface area contributed by atoms with Crippen molar-refractivity contribution >= 4 is 5.82 Å². The molecule has 1 aromatic rings. The Morgan fingerprint density at radius 3 is 3.06 bits per heavy atom. The molecule has 0 radical (unpaired) electrons. The van der Waals surface area contributed by atoms with Gasteiger partial charge in [0.15, 0.2) is 0 Å². The van der Waals surface area contributed by atoms with Crippen LogP contribution in [0.15, 0.2) is 18.2 Å². The number of hydrogen-bond donors (Lipinski definition) is 1. The van der Waals surface area contributed by atoms with Gasteiger partial charge in [-0.25, -0.2) is 0 Å². The Labute approximate surface area is 109 Å². The van der Waals surface area contributed by atoms with Crippen LogP contribution in [-0.2, 0) is 0 Å². The van der Waals surface area contributed by atoms with E-state index in [1.54, 1.807) is 0 Å². The van der Waals surface area contributed by atoms with Crippen LogP contribution < -0.4 is 15.0 Å². The maximum absolute atomic E-state index is 5.43. The molecule has 18 heavy (non-hydrogen) atoms. The van der Waals surface area contributed by atoms with Crippen molar-refractivity contribution in [3.8, 4) is 5.88 Å². The third-order valence-electron chi connectivity index (χ3n) is 3.30. The van der Waals surface area contributed by atoms with Gasteiger partial charge in [0.25, 0.3) is 0 Å². The molecule has 1 unspecified atom stereocenters. The number of ether oxygens (including phenoxy) is 1. The second-order valence-corrected chi connectivity index (χ2v) is 4.79. The molecule has 1 aliphatic rings. The van der Waals surface area contributed by atoms with Crippen molar-refractivity contribution in [2.45, 2.75) is 32.2 Å². The van der Waals surface area contributed by atoms with Crippen LogP contribution in [0.5, 0.6) is 5.88 Å². The first-order valence-corrected chi connectivity index (χ1v) is 6.84. The lowest BCUT2D eigenvalue weighted by Crippen LogP contribution is -2.42. The third kappa shape index (κ3) is 3.60. The van der Waals surface area contributed by atoms with Crippen LogP contribution in [-0.4, -0.2) is 37.8 Å². The molecular formula is C14H23N3O. The van der Waals surface area contributed by atoms with Crippen LogP contribution in [0.4, 0.5) is 5.82 Å². The summed E-state index contributed by atoms with van der Waals surface area (Å²) in [5, 5.41) is 3.56. The molecule has 2 heterocycles. The Morgan fingerprint density at radius 1 is 1.44 bits per heavy atom. The number of pyridine rings is 1. The van der Waals surface area contributed by atoms with Crippen LogP contribution in [0, 0.1) is 0 Å². The molecule has 1 N–H and O–H groups in total. The quantitative estimate of drug-likeness (QED) is 0.866. The van der Waals surface area contributed by atoms with Gasteiger partial charge in [0.05, 0.1) is 6.61 Å². The maximum atomic E-state index is 5.43. The zero-order valence-corrected chi connectivity index (χ0v) is 11.4. The minimum Gasteiger partial charge on any atom is -0.478 e. The van der Waals surface area contributed by atoms with E-state index in [0.29, 0.717) is 18.5 Å². The molecule has 4 heteroatoms. The summed E-state index contributed by atoms with van der Waals surface area (Å²) < 4.78 is 5.43. The van der Waals surface area contributed by atoms with Gasteiger partial charge in [-0.2, -0.15) is 4.98 Å². The van der Waals surface area contributed by atoms with Crippen molar-refractivity contribution < 1.29 is 4.74 Å². The monoisotopic (exact) mass is 249 g/mol. The first-order valence-electron chi connectivity index (χ1n) is 6.84. The summed E-state index contributed by atoms with van der Waals surface area (Å²) in [6.45, 7) is 4.78. The van der Waals surface area contributed by atoms with Crippen molar-refractivity contribution in [2.75, 3.05) is 31.6 Å². The molecule has 1 aromatic heterocycles. The van der Waals surface area contributed by atoms with Crippen LogP contribution in [0.3, 0.4) is 0 Å². The number of aromatic nitrogens is 1. The Hall–Kier alpha value is -1.29. The van der Waals surface area contributed by atoms with E-state index >= 15 is 0 Å². The van der Waals surface area contributed by atoms with E-state index < -0.39 is 0 Å². The molecule has 0 aromatic carbocycles. The number of piperidine rings is 1. The van der Waals surface area contributed by atoms with Gasteiger partial charge >= 0.3 is 0 Å². The van der Waals surface area contributed by atoms with E-state index in [-0.39, 0.29) is 0 Å². The zero-order chi connectivity index (χ0) is 12.8. The number of anilines is 1. The van der Waals surface area contributed by atoms with Crippen molar-refractivity contribution in [3.05, 3.63) is 18.2 Å². The fraction of sp³-hybridized carbons (Fsp3) is 0.643. The summed E-state index contributed by atoms with van der Waals surface area (Å²) in [5.74, 6) is 1.69. The highest BCUT2D eigenvalue weighted by Crippen LogP contribution is 2.16. The summed E-state index contributed by atoms with van der Waals surface area (Å²) in [7, 11) is 2.09. The first kappa shape index (κ1) is 13.1. The zero-order valence-electron chi connectivity index (χ0n) is 11.4. The summed E-state index contributed by atoms with van der Waals surface area (Å²) in [6.07, 6.45) is 3.89. The maximum Gasteiger partial charge on any atom is 0.215 e. The van der Waals surface area contributed by atoms with E-state index in [2.05, 4.69) is 22.2 Å². The van der Waals surface area contributed by atoms with Gasteiger partial charge in [-0.15, -0.1) is 0 Å². The molecule has 1 fully saturated rings. The summed E-state index contributed by atoms with van der Waals surface area (Å²) in [5.41, 5.74) is 0. The predicted molar refractivity (Wildman–Crippen MR) is 74.3 cm³/mol. The molecule has 100 valence electrons. The molecule has 0 spiro atoms. The average Bonchev–Trinajstić information content (AvgIpc) is 2.40. The van der Waals surface area contributed by atoms with Gasteiger partial charge in [-0.3, -0.25) is 0 Å². The minimum absolute atomic E-state index is 0.585. The van der Waals surface area contributed by atoms with Crippen molar-refractivity contribution in [1.29, 1.82) is 0 Å². The highest BCUT2D eigenvalue weighted by Gasteiger charge is 2.15. The molecule has 1 atom stereocenters. The van der Waals surface area contributed by atoms with Gasteiger partial charge in [0.1, 0.15) is 5.82 Å². The van der Waals surface area contributed by atoms with Gasteiger partial charge in [-0.05, 0) is 32.4 Å². The Morgan fingerprint density at radius 2 is 2.33 bits per heavy atom. The number of nitrogens with one attached hydrogen (secondary N) is 1. The van der Waals surface area contributed by atoms with E-state index in [1.807, 2.05) is 25.1 Å². The van der Waals surface area contributed by atoms with Crippen LogP contribution in [0.25, 0.3) is 0 Å². The molecule has 0 amide bonds. The van der Waals surface area contributed by atoms with Crippen LogP contribution in [0.1, 0.15) is 26.2 Å². The fourth-order valence-electron chi connectivity index (χ4n) is 2.35. The molecule has 1 aliphatic heterocycles. The van der Waals surface area contributed by atoms with Crippen molar-refractivity contribution in [2.24, 2.45) is 0 Å². The van der Waals surface area contributed by atoms with E-state index in [1.165, 1.54) is 19.3 Å². The molecule has 0 aliphatic carbocycles. The average molecular weight is 249 g/mol. The molecule has 0 bridgehead atoms. The Bertz CT molecular complexity index is 364. The highest BCUT2D eigenvalue weighted by molar-refractivity contribution is 5.39. The summed E-state index contributed by atoms with van der Waals surface area (Å²) in [4.78, 5) is 6.70. The molecule has 4 nitrogen and oxygen atoms in total. The van der Waals surface area contributed by atoms with Crippen molar-refractivity contribution in [1.82, 2.24) is 10.3 Å². The summed E-state index contributed by atoms with van der Waals surface area (Å²) >= 11 is 0.